The van der Waals surface area contributed by atoms with Crippen molar-refractivity contribution in [1.29, 1.82) is 0 Å². The van der Waals surface area contributed by atoms with Crippen LogP contribution in [0, 0.1) is 0 Å². The number of aliphatic hydroxyl groups is 1. The zero-order valence-electron chi connectivity index (χ0n) is 9.56. The van der Waals surface area contributed by atoms with Gasteiger partial charge in [-0.25, -0.2) is 0 Å². The van der Waals surface area contributed by atoms with E-state index in [-0.39, 0.29) is 6.10 Å². The van der Waals surface area contributed by atoms with Gasteiger partial charge in [0.1, 0.15) is 23.7 Å². The molecular weight excluding hydrogens is 204 g/mol. The predicted octanol–water partition coefficient (Wildman–Crippen LogP) is 2.24. The van der Waals surface area contributed by atoms with Crippen LogP contribution in [0.15, 0.2) is 24.8 Å². The topological polar surface area (TPSA) is 38.7 Å². The van der Waals surface area contributed by atoms with E-state index in [9.17, 15) is 5.11 Å². The maximum atomic E-state index is 9.78. The van der Waals surface area contributed by atoms with Gasteiger partial charge in [-0.05, 0) is 19.1 Å². The van der Waals surface area contributed by atoms with Crippen LogP contribution in [0.1, 0.15) is 24.2 Å². The third-order valence-corrected chi connectivity index (χ3v) is 2.79. The minimum absolute atomic E-state index is 0.191. The van der Waals surface area contributed by atoms with Crippen LogP contribution >= 0.6 is 0 Å². The predicted molar refractivity (Wildman–Crippen MR) is 61.9 cm³/mol. The van der Waals surface area contributed by atoms with Crippen LogP contribution in [-0.2, 0) is 6.42 Å². The first-order valence-corrected chi connectivity index (χ1v) is 5.33. The van der Waals surface area contributed by atoms with Crippen molar-refractivity contribution in [3.8, 4) is 11.5 Å². The minimum Gasteiger partial charge on any atom is -0.496 e. The van der Waals surface area contributed by atoms with Gasteiger partial charge in [-0.1, -0.05) is 6.08 Å². The lowest BCUT2D eigenvalue weighted by molar-refractivity contribution is 0.221. The fourth-order valence-corrected chi connectivity index (χ4v) is 1.99. The number of methoxy groups -OCH3 is 1. The van der Waals surface area contributed by atoms with Crippen molar-refractivity contribution in [1.82, 2.24) is 0 Å². The lowest BCUT2D eigenvalue weighted by Gasteiger charge is -2.13. The average Bonchev–Trinajstić information content (AvgIpc) is 2.65. The van der Waals surface area contributed by atoms with E-state index in [2.05, 4.69) is 6.58 Å². The van der Waals surface area contributed by atoms with Crippen LogP contribution in [0.2, 0.25) is 0 Å². The molecule has 0 spiro atoms. The number of hydrogen-bond donors (Lipinski definition) is 1. The molecule has 0 saturated heterocycles. The molecule has 1 aromatic carbocycles. The molecule has 0 fully saturated rings. The third-order valence-electron chi connectivity index (χ3n) is 2.79. The van der Waals surface area contributed by atoms with Gasteiger partial charge in [0.25, 0.3) is 0 Å². The summed E-state index contributed by atoms with van der Waals surface area (Å²) < 4.78 is 10.9. The van der Waals surface area contributed by atoms with Crippen LogP contribution in [0.5, 0.6) is 11.5 Å². The maximum Gasteiger partial charge on any atom is 0.125 e. The van der Waals surface area contributed by atoms with E-state index in [0.717, 1.165) is 17.7 Å². The number of ether oxygens (including phenoxy) is 2. The molecule has 0 aliphatic carbocycles. The molecule has 3 heteroatoms. The molecule has 0 saturated carbocycles. The standard InChI is InChI=1S/C13H16O3/c1-4-11(14)10-7-12-9(5-8(2)16-12)6-13(10)15-3/h4,6-8,11,14H,1,5H2,2-3H3. The first-order chi connectivity index (χ1) is 7.65. The molecule has 1 heterocycles. The molecule has 2 unspecified atom stereocenters. The Morgan fingerprint density at radius 2 is 2.38 bits per heavy atom. The Bertz CT molecular complexity index is 412. The summed E-state index contributed by atoms with van der Waals surface area (Å²) in [4.78, 5) is 0. The zero-order chi connectivity index (χ0) is 11.7. The molecule has 1 aliphatic rings. The molecule has 2 rings (SSSR count). The van der Waals surface area contributed by atoms with E-state index < -0.39 is 6.10 Å². The van der Waals surface area contributed by atoms with E-state index >= 15 is 0 Å². The van der Waals surface area contributed by atoms with Crippen LogP contribution in [0.4, 0.5) is 0 Å². The zero-order valence-corrected chi connectivity index (χ0v) is 9.56. The molecule has 0 amide bonds. The second-order valence-electron chi connectivity index (χ2n) is 4.02. The van der Waals surface area contributed by atoms with Gasteiger partial charge in [-0.15, -0.1) is 6.58 Å². The molecule has 1 aromatic rings. The van der Waals surface area contributed by atoms with E-state index in [1.165, 1.54) is 6.08 Å². The Labute approximate surface area is 95.3 Å². The summed E-state index contributed by atoms with van der Waals surface area (Å²) in [5, 5.41) is 9.78. The number of rotatable bonds is 3. The molecule has 0 radical (unpaired) electrons. The van der Waals surface area contributed by atoms with Gasteiger partial charge in [0.05, 0.1) is 7.11 Å². The second kappa shape index (κ2) is 4.18. The Balaban J connectivity index is 2.46. The lowest BCUT2D eigenvalue weighted by Crippen LogP contribution is -2.05. The van der Waals surface area contributed by atoms with E-state index in [1.54, 1.807) is 7.11 Å². The summed E-state index contributed by atoms with van der Waals surface area (Å²) in [6.45, 7) is 5.60. The fraction of sp³-hybridized carbons (Fsp3) is 0.385. The van der Waals surface area contributed by atoms with Crippen LogP contribution in [0.3, 0.4) is 0 Å². The first kappa shape index (κ1) is 11.0. The van der Waals surface area contributed by atoms with E-state index in [4.69, 9.17) is 9.47 Å². The van der Waals surface area contributed by atoms with Crippen LogP contribution in [0.25, 0.3) is 0 Å². The van der Waals surface area contributed by atoms with E-state index in [1.807, 2.05) is 19.1 Å². The normalized spacial score (nSPS) is 19.8. The molecule has 1 N–H and O–H groups in total. The van der Waals surface area contributed by atoms with Gasteiger partial charge in [0.15, 0.2) is 0 Å². The quantitative estimate of drug-likeness (QED) is 0.794. The fourth-order valence-electron chi connectivity index (χ4n) is 1.99. The Morgan fingerprint density at radius 3 is 3.00 bits per heavy atom. The summed E-state index contributed by atoms with van der Waals surface area (Å²) in [7, 11) is 1.60. The number of hydrogen-bond acceptors (Lipinski definition) is 3. The summed E-state index contributed by atoms with van der Waals surface area (Å²) >= 11 is 0. The molecule has 0 bridgehead atoms. The van der Waals surface area contributed by atoms with Gasteiger partial charge < -0.3 is 14.6 Å². The molecule has 1 aliphatic heterocycles. The van der Waals surface area contributed by atoms with Crippen molar-refractivity contribution < 1.29 is 14.6 Å². The van der Waals surface area contributed by atoms with Gasteiger partial charge in [-0.3, -0.25) is 0 Å². The molecule has 0 aromatic heterocycles. The molecule has 2 atom stereocenters. The third kappa shape index (κ3) is 1.78. The highest BCUT2D eigenvalue weighted by atomic mass is 16.5. The average molecular weight is 220 g/mol. The van der Waals surface area contributed by atoms with Crippen LogP contribution < -0.4 is 9.47 Å². The van der Waals surface area contributed by atoms with E-state index in [0.29, 0.717) is 11.3 Å². The molecule has 16 heavy (non-hydrogen) atoms. The lowest BCUT2D eigenvalue weighted by atomic mass is 10.0. The van der Waals surface area contributed by atoms with Crippen molar-refractivity contribution in [3.05, 3.63) is 35.9 Å². The van der Waals surface area contributed by atoms with Crippen molar-refractivity contribution in [2.24, 2.45) is 0 Å². The summed E-state index contributed by atoms with van der Waals surface area (Å²) in [6, 6.07) is 3.77. The van der Waals surface area contributed by atoms with Gasteiger partial charge in [0, 0.05) is 17.5 Å². The monoisotopic (exact) mass is 220 g/mol. The first-order valence-electron chi connectivity index (χ1n) is 5.33. The highest BCUT2D eigenvalue weighted by Crippen LogP contribution is 2.37. The van der Waals surface area contributed by atoms with Crippen LogP contribution in [-0.4, -0.2) is 18.3 Å². The molecule has 3 nitrogen and oxygen atoms in total. The van der Waals surface area contributed by atoms with Gasteiger partial charge in [0.2, 0.25) is 0 Å². The summed E-state index contributed by atoms with van der Waals surface area (Å²) in [6.07, 6.45) is 1.83. The van der Waals surface area contributed by atoms with Crippen molar-refractivity contribution in [2.75, 3.05) is 7.11 Å². The molecule has 86 valence electrons. The summed E-state index contributed by atoms with van der Waals surface area (Å²) in [5.41, 5.74) is 1.83. The highest BCUT2D eigenvalue weighted by molar-refractivity contribution is 5.50. The maximum absolute atomic E-state index is 9.78. The number of benzene rings is 1. The Kier molecular flexibility index (Phi) is 2.88. The number of aliphatic hydroxyl groups excluding tert-OH is 1. The smallest absolute Gasteiger partial charge is 0.125 e. The highest BCUT2D eigenvalue weighted by Gasteiger charge is 2.23. The Hall–Kier alpha value is -1.48. The van der Waals surface area contributed by atoms with Crippen molar-refractivity contribution >= 4 is 0 Å². The minimum atomic E-state index is -0.722. The largest absolute Gasteiger partial charge is 0.496 e. The van der Waals surface area contributed by atoms with Gasteiger partial charge >= 0.3 is 0 Å². The van der Waals surface area contributed by atoms with Crippen molar-refractivity contribution in [2.45, 2.75) is 25.6 Å². The Morgan fingerprint density at radius 1 is 1.62 bits per heavy atom. The van der Waals surface area contributed by atoms with Gasteiger partial charge in [-0.2, -0.15) is 0 Å². The number of fused-ring (bicyclic) bond motifs is 1. The van der Waals surface area contributed by atoms with Crippen molar-refractivity contribution in [3.63, 3.8) is 0 Å². The SMILES string of the molecule is C=CC(O)c1cc2c(cc1OC)CC(C)O2. The second-order valence-corrected chi connectivity index (χ2v) is 4.02. The summed E-state index contributed by atoms with van der Waals surface area (Å²) in [5.74, 6) is 1.52. The molecular formula is C13H16O3.